The van der Waals surface area contributed by atoms with Crippen molar-refractivity contribution in [2.75, 3.05) is 24.4 Å². The summed E-state index contributed by atoms with van der Waals surface area (Å²) in [5, 5.41) is 3.30. The van der Waals surface area contributed by atoms with Crippen LogP contribution in [-0.2, 0) is 14.4 Å². The van der Waals surface area contributed by atoms with Gasteiger partial charge in [0.2, 0.25) is 17.7 Å². The molecule has 2 heterocycles. The fourth-order valence-electron chi connectivity index (χ4n) is 4.38. The lowest BCUT2D eigenvalue weighted by molar-refractivity contribution is -0.146. The molecule has 0 spiro atoms. The molecule has 1 saturated heterocycles. The van der Waals surface area contributed by atoms with Crippen molar-refractivity contribution in [3.05, 3.63) is 18.2 Å². The molecule has 1 aromatic carbocycles. The highest BCUT2D eigenvalue weighted by Gasteiger charge is 2.51. The van der Waals surface area contributed by atoms with Crippen LogP contribution in [0.5, 0.6) is 5.75 Å². The van der Waals surface area contributed by atoms with E-state index in [0.29, 0.717) is 17.3 Å². The molecule has 7 nitrogen and oxygen atoms in total. The highest BCUT2D eigenvalue weighted by molar-refractivity contribution is 7.98. The number of amides is 3. The molecule has 30 heavy (non-hydrogen) atoms. The van der Waals surface area contributed by atoms with Crippen molar-refractivity contribution in [2.24, 2.45) is 11.8 Å². The molecule has 3 amide bonds. The number of imide groups is 1. The number of carbonyl (C=O) groups is 3. The van der Waals surface area contributed by atoms with Crippen LogP contribution in [-0.4, -0.2) is 52.8 Å². The number of thioether (sulfide) groups is 1. The number of ether oxygens (including phenoxy) is 1. The number of hydrogen-bond donors (Lipinski definition) is 1. The Labute approximate surface area is 183 Å². The monoisotopic (exact) mass is 447 g/mol. The number of nitrogens with zero attached hydrogens (tertiary/aromatic N) is 2. The summed E-state index contributed by atoms with van der Waals surface area (Å²) in [6.45, 7) is 0. The zero-order valence-corrected chi connectivity index (χ0v) is 18.7. The van der Waals surface area contributed by atoms with Gasteiger partial charge in [0, 0.05) is 0 Å². The maximum absolute atomic E-state index is 13.2. The van der Waals surface area contributed by atoms with Crippen molar-refractivity contribution < 1.29 is 19.1 Å². The van der Waals surface area contributed by atoms with Gasteiger partial charge in [0.05, 0.1) is 29.2 Å². The lowest BCUT2D eigenvalue weighted by Crippen LogP contribution is -2.48. The van der Waals surface area contributed by atoms with Crippen LogP contribution in [0.1, 0.15) is 32.1 Å². The number of hydrogen-bond acceptors (Lipinski definition) is 7. The van der Waals surface area contributed by atoms with Gasteiger partial charge in [0.1, 0.15) is 11.8 Å². The van der Waals surface area contributed by atoms with Gasteiger partial charge in [-0.05, 0) is 49.5 Å². The summed E-state index contributed by atoms with van der Waals surface area (Å²) in [5.41, 5.74) is 0.760. The number of rotatable bonds is 7. The lowest BCUT2D eigenvalue weighted by atomic mass is 9.81. The lowest BCUT2D eigenvalue weighted by Gasteiger charge is -2.25. The molecule has 0 radical (unpaired) electrons. The summed E-state index contributed by atoms with van der Waals surface area (Å²) in [5.74, 6) is 0.172. The standard InChI is InChI=1S/C21H25N3O4S2/c1-28-12-7-8-15-17(11-12)30-21(22-15)23-18(25)16(9-10-29-2)24-19(26)13-5-3-4-6-14(13)20(24)27/h7-8,11,13-14,16H,3-6,9-10H2,1-2H3,(H,22,23,25). The van der Waals surface area contributed by atoms with Crippen molar-refractivity contribution in [2.45, 2.75) is 38.1 Å². The number of anilines is 1. The van der Waals surface area contributed by atoms with Gasteiger partial charge in [-0.1, -0.05) is 24.2 Å². The molecule has 4 rings (SSSR count). The number of fused-ring (bicyclic) bond motifs is 2. The minimum Gasteiger partial charge on any atom is -0.497 e. The second-order valence-electron chi connectivity index (χ2n) is 7.68. The van der Waals surface area contributed by atoms with E-state index in [9.17, 15) is 14.4 Å². The van der Waals surface area contributed by atoms with E-state index in [1.165, 1.54) is 16.2 Å². The molecule has 1 aromatic heterocycles. The highest BCUT2D eigenvalue weighted by Crippen LogP contribution is 2.39. The van der Waals surface area contributed by atoms with E-state index in [4.69, 9.17) is 4.74 Å². The zero-order valence-electron chi connectivity index (χ0n) is 17.1. The minimum absolute atomic E-state index is 0.181. The zero-order chi connectivity index (χ0) is 21.3. The Morgan fingerprint density at radius 2 is 2.00 bits per heavy atom. The van der Waals surface area contributed by atoms with Crippen molar-refractivity contribution in [1.82, 2.24) is 9.88 Å². The van der Waals surface area contributed by atoms with Gasteiger partial charge in [-0.3, -0.25) is 19.3 Å². The van der Waals surface area contributed by atoms with E-state index in [1.807, 2.05) is 24.5 Å². The van der Waals surface area contributed by atoms with Crippen LogP contribution in [0.4, 0.5) is 5.13 Å². The van der Waals surface area contributed by atoms with Gasteiger partial charge < -0.3 is 10.1 Å². The van der Waals surface area contributed by atoms with Crippen LogP contribution in [0, 0.1) is 11.8 Å². The molecule has 3 atom stereocenters. The predicted molar refractivity (Wildman–Crippen MR) is 119 cm³/mol. The fraction of sp³-hybridized carbons (Fsp3) is 0.524. The summed E-state index contributed by atoms with van der Waals surface area (Å²) in [7, 11) is 1.60. The average Bonchev–Trinajstić information content (AvgIpc) is 3.27. The Hall–Kier alpha value is -2.13. The molecule has 2 aliphatic rings. The van der Waals surface area contributed by atoms with Crippen molar-refractivity contribution in [3.63, 3.8) is 0 Å². The molecule has 1 saturated carbocycles. The Balaban J connectivity index is 1.56. The molecule has 1 aliphatic carbocycles. The highest BCUT2D eigenvalue weighted by atomic mass is 32.2. The molecular formula is C21H25N3O4S2. The number of aromatic nitrogens is 1. The normalized spacial score (nSPS) is 22.3. The van der Waals surface area contributed by atoms with E-state index in [0.717, 1.165) is 41.6 Å². The third-order valence-corrected chi connectivity index (χ3v) is 7.49. The number of nitrogens with one attached hydrogen (secondary N) is 1. The first-order chi connectivity index (χ1) is 14.5. The van der Waals surface area contributed by atoms with Crippen LogP contribution >= 0.6 is 23.1 Å². The van der Waals surface area contributed by atoms with Crippen molar-refractivity contribution in [3.8, 4) is 5.75 Å². The quantitative estimate of drug-likeness (QED) is 0.653. The Bertz CT molecular complexity index is 952. The Kier molecular flexibility index (Phi) is 6.29. The number of thiazole rings is 1. The van der Waals surface area contributed by atoms with Crippen LogP contribution < -0.4 is 10.1 Å². The molecule has 3 unspecified atom stereocenters. The van der Waals surface area contributed by atoms with Crippen LogP contribution in [0.2, 0.25) is 0 Å². The predicted octanol–water partition coefficient (Wildman–Crippen LogP) is 3.54. The third-order valence-electron chi connectivity index (χ3n) is 5.91. The maximum atomic E-state index is 13.2. The molecule has 9 heteroatoms. The van der Waals surface area contributed by atoms with E-state index in [1.54, 1.807) is 18.9 Å². The Morgan fingerprint density at radius 3 is 2.63 bits per heavy atom. The maximum Gasteiger partial charge on any atom is 0.249 e. The van der Waals surface area contributed by atoms with Gasteiger partial charge >= 0.3 is 0 Å². The van der Waals surface area contributed by atoms with Crippen LogP contribution in [0.15, 0.2) is 18.2 Å². The van der Waals surface area contributed by atoms with Gasteiger partial charge in [-0.15, -0.1) is 0 Å². The second-order valence-corrected chi connectivity index (χ2v) is 9.70. The average molecular weight is 448 g/mol. The fourth-order valence-corrected chi connectivity index (χ4v) is 5.73. The van der Waals surface area contributed by atoms with Gasteiger partial charge in [0.15, 0.2) is 5.13 Å². The van der Waals surface area contributed by atoms with E-state index < -0.39 is 6.04 Å². The molecule has 0 bridgehead atoms. The second kappa shape index (κ2) is 8.93. The number of carbonyl (C=O) groups excluding carboxylic acids is 3. The molecule has 1 N–H and O–H groups in total. The molecule has 160 valence electrons. The van der Waals surface area contributed by atoms with Gasteiger partial charge in [0.25, 0.3) is 0 Å². The molecule has 1 aliphatic heterocycles. The van der Waals surface area contributed by atoms with E-state index in [2.05, 4.69) is 10.3 Å². The summed E-state index contributed by atoms with van der Waals surface area (Å²) < 4.78 is 6.13. The SMILES string of the molecule is COc1ccc2nc(NC(=O)C(CCSC)N3C(=O)C4CCCCC4C3=O)sc2c1. The van der Waals surface area contributed by atoms with Crippen LogP contribution in [0.25, 0.3) is 10.2 Å². The first kappa shape index (κ1) is 21.1. The van der Waals surface area contributed by atoms with Crippen LogP contribution in [0.3, 0.4) is 0 Å². The first-order valence-corrected chi connectivity index (χ1v) is 12.4. The number of methoxy groups -OCH3 is 1. The van der Waals surface area contributed by atoms with E-state index >= 15 is 0 Å². The van der Waals surface area contributed by atoms with Crippen molar-refractivity contribution in [1.29, 1.82) is 0 Å². The minimum atomic E-state index is -0.801. The first-order valence-electron chi connectivity index (χ1n) is 10.1. The number of likely N-dealkylation sites (tertiary alicyclic amines) is 1. The molecular weight excluding hydrogens is 422 g/mol. The Morgan fingerprint density at radius 1 is 1.30 bits per heavy atom. The summed E-state index contributed by atoms with van der Waals surface area (Å²) in [6, 6.07) is 4.72. The summed E-state index contributed by atoms with van der Waals surface area (Å²) >= 11 is 2.94. The largest absolute Gasteiger partial charge is 0.497 e. The smallest absolute Gasteiger partial charge is 0.249 e. The van der Waals surface area contributed by atoms with Gasteiger partial charge in [-0.25, -0.2) is 4.98 Å². The molecule has 2 fully saturated rings. The summed E-state index contributed by atoms with van der Waals surface area (Å²) in [4.78, 5) is 44.9. The van der Waals surface area contributed by atoms with Gasteiger partial charge in [-0.2, -0.15) is 11.8 Å². The number of benzene rings is 1. The van der Waals surface area contributed by atoms with E-state index in [-0.39, 0.29) is 29.6 Å². The topological polar surface area (TPSA) is 88.6 Å². The van der Waals surface area contributed by atoms with Crippen molar-refractivity contribution >= 4 is 56.2 Å². The molecule has 2 aromatic rings. The summed E-state index contributed by atoms with van der Waals surface area (Å²) in [6.07, 6.45) is 5.78. The third kappa shape index (κ3) is 3.92.